The Bertz CT molecular complexity index is 377. The lowest BCUT2D eigenvalue weighted by Crippen LogP contribution is -2.43. The minimum atomic E-state index is -0.331. The molecule has 2 amide bonds. The molecule has 0 bridgehead atoms. The Kier molecular flexibility index (Phi) is 5.50. The highest BCUT2D eigenvalue weighted by molar-refractivity contribution is 5.95. The van der Waals surface area contributed by atoms with E-state index in [1.165, 1.54) is 0 Å². The van der Waals surface area contributed by atoms with Gasteiger partial charge in [0.05, 0.1) is 6.54 Å². The molecule has 0 aliphatic carbocycles. The number of urea groups is 1. The molecule has 4 N–H and O–H groups in total. The summed E-state index contributed by atoms with van der Waals surface area (Å²) in [5.41, 5.74) is 6.54. The molecule has 1 heterocycles. The van der Waals surface area contributed by atoms with E-state index in [4.69, 9.17) is 5.73 Å². The number of hydrogen-bond acceptors (Lipinski definition) is 3. The van der Waals surface area contributed by atoms with Crippen LogP contribution in [0.25, 0.3) is 0 Å². The molecule has 6 heteroatoms. The van der Waals surface area contributed by atoms with Gasteiger partial charge < -0.3 is 11.1 Å². The van der Waals surface area contributed by atoms with Crippen molar-refractivity contribution in [3.8, 4) is 0 Å². The standard InChI is InChI=1S/C11H17N5O/c1-2-5-14-11(17)16-10(12)15-8-9-3-6-13-7-4-9/h3-4,6-7H,2,5,8H2,1H3,(H4,12,14,15,16,17). The molecule has 0 atom stereocenters. The molecule has 0 fully saturated rings. The molecule has 0 aromatic carbocycles. The Morgan fingerprint density at radius 3 is 2.82 bits per heavy atom. The molecule has 0 aliphatic rings. The Morgan fingerprint density at radius 2 is 2.18 bits per heavy atom. The van der Waals surface area contributed by atoms with E-state index in [2.05, 4.69) is 20.6 Å². The normalized spacial score (nSPS) is 11.0. The number of hydrogen-bond donors (Lipinski definition) is 3. The summed E-state index contributed by atoms with van der Waals surface area (Å²) in [6.07, 6.45) is 4.24. The first-order valence-electron chi connectivity index (χ1n) is 5.46. The lowest BCUT2D eigenvalue weighted by Gasteiger charge is -2.05. The van der Waals surface area contributed by atoms with Crippen molar-refractivity contribution in [2.24, 2.45) is 10.7 Å². The number of aliphatic imine (C=N–C) groups is 1. The summed E-state index contributed by atoms with van der Waals surface area (Å²) in [4.78, 5) is 19.2. The van der Waals surface area contributed by atoms with E-state index in [9.17, 15) is 4.79 Å². The highest BCUT2D eigenvalue weighted by atomic mass is 16.2. The van der Waals surface area contributed by atoms with Crippen molar-refractivity contribution in [3.63, 3.8) is 0 Å². The molecule has 17 heavy (non-hydrogen) atoms. The van der Waals surface area contributed by atoms with Crippen molar-refractivity contribution in [2.75, 3.05) is 6.54 Å². The molecular formula is C11H17N5O. The lowest BCUT2D eigenvalue weighted by atomic mass is 10.3. The molecule has 1 aromatic rings. The average molecular weight is 235 g/mol. The molecule has 0 saturated heterocycles. The van der Waals surface area contributed by atoms with Crippen LogP contribution in [0.2, 0.25) is 0 Å². The van der Waals surface area contributed by atoms with Crippen LogP contribution in [-0.2, 0) is 6.54 Å². The SMILES string of the molecule is CCCNC(=O)NC(N)=NCc1ccncc1. The fourth-order valence-corrected chi connectivity index (χ4v) is 1.10. The van der Waals surface area contributed by atoms with Crippen LogP contribution in [0.3, 0.4) is 0 Å². The molecule has 92 valence electrons. The van der Waals surface area contributed by atoms with Crippen LogP contribution in [0.5, 0.6) is 0 Å². The van der Waals surface area contributed by atoms with Crippen LogP contribution >= 0.6 is 0 Å². The second-order valence-corrected chi connectivity index (χ2v) is 3.44. The first-order valence-corrected chi connectivity index (χ1v) is 5.46. The molecular weight excluding hydrogens is 218 g/mol. The number of carbonyl (C=O) groups excluding carboxylic acids is 1. The van der Waals surface area contributed by atoms with Gasteiger partial charge >= 0.3 is 6.03 Å². The Balaban J connectivity index is 2.37. The van der Waals surface area contributed by atoms with Gasteiger partial charge in [-0.05, 0) is 24.1 Å². The van der Waals surface area contributed by atoms with Gasteiger partial charge in [-0.2, -0.15) is 0 Å². The Morgan fingerprint density at radius 1 is 1.47 bits per heavy atom. The van der Waals surface area contributed by atoms with Gasteiger partial charge in [0.2, 0.25) is 0 Å². The molecule has 1 aromatic heterocycles. The van der Waals surface area contributed by atoms with Crippen molar-refractivity contribution in [3.05, 3.63) is 30.1 Å². The van der Waals surface area contributed by atoms with Gasteiger partial charge in [0, 0.05) is 18.9 Å². The maximum absolute atomic E-state index is 11.2. The van der Waals surface area contributed by atoms with E-state index in [0.717, 1.165) is 12.0 Å². The molecule has 0 spiro atoms. The van der Waals surface area contributed by atoms with Crippen LogP contribution in [0.1, 0.15) is 18.9 Å². The number of guanidine groups is 1. The maximum atomic E-state index is 11.2. The first kappa shape index (κ1) is 13.0. The number of nitrogens with one attached hydrogen (secondary N) is 2. The number of nitrogens with two attached hydrogens (primary N) is 1. The lowest BCUT2D eigenvalue weighted by molar-refractivity contribution is 0.245. The van der Waals surface area contributed by atoms with Crippen molar-refractivity contribution in [1.29, 1.82) is 0 Å². The summed E-state index contributed by atoms with van der Waals surface area (Å²) in [6, 6.07) is 3.35. The zero-order valence-electron chi connectivity index (χ0n) is 9.81. The number of nitrogens with zero attached hydrogens (tertiary/aromatic N) is 2. The van der Waals surface area contributed by atoms with Crippen LogP contribution < -0.4 is 16.4 Å². The van der Waals surface area contributed by atoms with Crippen molar-refractivity contribution in [2.45, 2.75) is 19.9 Å². The van der Waals surface area contributed by atoms with Crippen LogP contribution in [0.15, 0.2) is 29.5 Å². The molecule has 6 nitrogen and oxygen atoms in total. The maximum Gasteiger partial charge on any atom is 0.321 e. The highest BCUT2D eigenvalue weighted by Crippen LogP contribution is 1.97. The summed E-state index contributed by atoms with van der Waals surface area (Å²) >= 11 is 0. The predicted octanol–water partition coefficient (Wildman–Crippen LogP) is 0.606. The Labute approximate surface area is 100 Å². The van der Waals surface area contributed by atoms with Crippen LogP contribution in [0.4, 0.5) is 4.79 Å². The number of aromatic nitrogens is 1. The minimum absolute atomic E-state index is 0.107. The topological polar surface area (TPSA) is 92.4 Å². The molecule has 1 rings (SSSR count). The number of amides is 2. The summed E-state index contributed by atoms with van der Waals surface area (Å²) < 4.78 is 0. The zero-order valence-corrected chi connectivity index (χ0v) is 9.81. The van der Waals surface area contributed by atoms with Gasteiger partial charge in [-0.1, -0.05) is 6.92 Å². The molecule has 0 aliphatic heterocycles. The summed E-state index contributed by atoms with van der Waals surface area (Å²) in [5, 5.41) is 5.09. The number of pyridine rings is 1. The van der Waals surface area contributed by atoms with Crippen molar-refractivity contribution >= 4 is 12.0 Å². The number of rotatable bonds is 4. The minimum Gasteiger partial charge on any atom is -0.370 e. The summed E-state index contributed by atoms with van der Waals surface area (Å²) in [6.45, 7) is 3.01. The second-order valence-electron chi connectivity index (χ2n) is 3.44. The molecule has 0 unspecified atom stereocenters. The second kappa shape index (κ2) is 7.21. The zero-order chi connectivity index (χ0) is 12.5. The monoisotopic (exact) mass is 235 g/mol. The summed E-state index contributed by atoms with van der Waals surface area (Å²) in [5.74, 6) is 0.107. The van der Waals surface area contributed by atoms with E-state index in [1.54, 1.807) is 12.4 Å². The third-order valence-electron chi connectivity index (χ3n) is 1.96. The van der Waals surface area contributed by atoms with Crippen LogP contribution in [-0.4, -0.2) is 23.5 Å². The van der Waals surface area contributed by atoms with Crippen LogP contribution in [0, 0.1) is 0 Å². The van der Waals surface area contributed by atoms with E-state index < -0.39 is 0 Å². The van der Waals surface area contributed by atoms with E-state index in [-0.39, 0.29) is 12.0 Å². The predicted molar refractivity (Wildman–Crippen MR) is 66.4 cm³/mol. The largest absolute Gasteiger partial charge is 0.370 e. The fraction of sp³-hybridized carbons (Fsp3) is 0.364. The van der Waals surface area contributed by atoms with Gasteiger partial charge in [0.25, 0.3) is 0 Å². The van der Waals surface area contributed by atoms with Gasteiger partial charge in [-0.25, -0.2) is 9.79 Å². The van der Waals surface area contributed by atoms with Crippen molar-refractivity contribution in [1.82, 2.24) is 15.6 Å². The van der Waals surface area contributed by atoms with Gasteiger partial charge in [-0.3, -0.25) is 10.3 Å². The van der Waals surface area contributed by atoms with Gasteiger partial charge in [0.15, 0.2) is 5.96 Å². The fourth-order valence-electron chi connectivity index (χ4n) is 1.10. The summed E-state index contributed by atoms with van der Waals surface area (Å²) in [7, 11) is 0. The highest BCUT2D eigenvalue weighted by Gasteiger charge is 2.00. The quantitative estimate of drug-likeness (QED) is 0.527. The smallest absolute Gasteiger partial charge is 0.321 e. The first-order chi connectivity index (χ1) is 8.22. The van der Waals surface area contributed by atoms with Gasteiger partial charge in [0.1, 0.15) is 0 Å². The molecule has 0 radical (unpaired) electrons. The van der Waals surface area contributed by atoms with E-state index in [0.29, 0.717) is 13.1 Å². The third-order valence-corrected chi connectivity index (χ3v) is 1.96. The Hall–Kier alpha value is -2.11. The van der Waals surface area contributed by atoms with Crippen molar-refractivity contribution < 1.29 is 4.79 Å². The number of carbonyl (C=O) groups is 1. The average Bonchev–Trinajstić information content (AvgIpc) is 2.35. The van der Waals surface area contributed by atoms with E-state index >= 15 is 0 Å². The van der Waals surface area contributed by atoms with Gasteiger partial charge in [-0.15, -0.1) is 0 Å². The third kappa shape index (κ3) is 5.50. The molecule has 0 saturated carbocycles. The van der Waals surface area contributed by atoms with E-state index in [1.807, 2.05) is 19.1 Å².